The maximum absolute atomic E-state index is 11.7. The van der Waals surface area contributed by atoms with Gasteiger partial charge in [0, 0.05) is 0 Å². The van der Waals surface area contributed by atoms with Gasteiger partial charge < -0.3 is 5.73 Å². The van der Waals surface area contributed by atoms with E-state index >= 15 is 0 Å². The van der Waals surface area contributed by atoms with E-state index in [4.69, 9.17) is 5.73 Å². The van der Waals surface area contributed by atoms with Crippen molar-refractivity contribution >= 4 is 5.91 Å². The molecule has 0 spiro atoms. The number of carbonyl (C=O) groups is 1. The first-order chi connectivity index (χ1) is 9.22. The summed E-state index contributed by atoms with van der Waals surface area (Å²) in [5, 5.41) is 0. The molecule has 3 rings (SSSR count). The first-order valence-corrected chi connectivity index (χ1v) is 6.68. The van der Waals surface area contributed by atoms with Crippen molar-refractivity contribution in [2.24, 2.45) is 5.73 Å². The van der Waals surface area contributed by atoms with Gasteiger partial charge in [0.05, 0.1) is 5.41 Å². The van der Waals surface area contributed by atoms with Gasteiger partial charge in [0.2, 0.25) is 5.91 Å². The highest BCUT2D eigenvalue weighted by Crippen LogP contribution is 2.43. The van der Waals surface area contributed by atoms with Crippen molar-refractivity contribution in [1.82, 2.24) is 0 Å². The number of primary amides is 1. The molecular weight excluding hydrogens is 234 g/mol. The van der Waals surface area contributed by atoms with Crippen molar-refractivity contribution in [3.8, 4) is 11.1 Å². The summed E-state index contributed by atoms with van der Waals surface area (Å²) in [6.07, 6.45) is 2.85. The van der Waals surface area contributed by atoms with E-state index in [1.165, 1.54) is 11.1 Å². The molecule has 19 heavy (non-hydrogen) atoms. The van der Waals surface area contributed by atoms with Crippen molar-refractivity contribution < 1.29 is 4.79 Å². The number of hydrogen-bond acceptors (Lipinski definition) is 1. The lowest BCUT2D eigenvalue weighted by molar-refractivity contribution is -0.126. The molecule has 0 unspecified atom stereocenters. The fraction of sp³-hybridized carbons (Fsp3) is 0.235. The summed E-state index contributed by atoms with van der Waals surface area (Å²) in [5.41, 5.74) is 8.59. The van der Waals surface area contributed by atoms with E-state index in [0.717, 1.165) is 24.8 Å². The lowest BCUT2D eigenvalue weighted by Gasteiger charge is -2.39. The predicted octanol–water partition coefficient (Wildman–Crippen LogP) is 3.26. The molecule has 0 atom stereocenters. The van der Waals surface area contributed by atoms with Crippen molar-refractivity contribution in [2.45, 2.75) is 24.7 Å². The fourth-order valence-corrected chi connectivity index (χ4v) is 2.82. The van der Waals surface area contributed by atoms with Gasteiger partial charge in [-0.3, -0.25) is 4.79 Å². The zero-order valence-electron chi connectivity index (χ0n) is 10.8. The van der Waals surface area contributed by atoms with Gasteiger partial charge in [-0.25, -0.2) is 0 Å². The molecule has 0 saturated heterocycles. The first-order valence-electron chi connectivity index (χ1n) is 6.68. The Morgan fingerprint density at radius 1 is 0.895 bits per heavy atom. The van der Waals surface area contributed by atoms with E-state index < -0.39 is 5.41 Å². The third-order valence-corrected chi connectivity index (χ3v) is 4.22. The van der Waals surface area contributed by atoms with Crippen molar-refractivity contribution in [3.05, 3.63) is 60.2 Å². The van der Waals surface area contributed by atoms with Crippen LogP contribution >= 0.6 is 0 Å². The van der Waals surface area contributed by atoms with Gasteiger partial charge in [-0.2, -0.15) is 0 Å². The summed E-state index contributed by atoms with van der Waals surface area (Å²) >= 11 is 0. The van der Waals surface area contributed by atoms with E-state index in [0.29, 0.717) is 0 Å². The molecule has 0 radical (unpaired) electrons. The lowest BCUT2D eigenvalue weighted by Crippen LogP contribution is -2.46. The predicted molar refractivity (Wildman–Crippen MR) is 76.6 cm³/mol. The Kier molecular flexibility index (Phi) is 2.86. The smallest absolute Gasteiger partial charge is 0.228 e. The van der Waals surface area contributed by atoms with Crippen LogP contribution in [-0.2, 0) is 10.2 Å². The highest BCUT2D eigenvalue weighted by Gasteiger charge is 2.43. The molecule has 1 saturated carbocycles. The molecule has 0 aliphatic heterocycles. The second-order valence-electron chi connectivity index (χ2n) is 5.24. The van der Waals surface area contributed by atoms with Gasteiger partial charge in [-0.05, 0) is 29.5 Å². The summed E-state index contributed by atoms with van der Waals surface area (Å²) in [4.78, 5) is 11.7. The van der Waals surface area contributed by atoms with Gasteiger partial charge in [-0.1, -0.05) is 61.0 Å². The standard InChI is InChI=1S/C17H17NO/c18-16(19)17(11-4-12-17)15-9-7-14(8-10-15)13-5-2-1-3-6-13/h1-3,5-10H,4,11-12H2,(H2,18,19). The molecule has 2 aromatic rings. The van der Waals surface area contributed by atoms with Crippen LogP contribution in [0.3, 0.4) is 0 Å². The van der Waals surface area contributed by atoms with Gasteiger partial charge in [0.15, 0.2) is 0 Å². The number of hydrogen-bond donors (Lipinski definition) is 1. The SMILES string of the molecule is NC(=O)C1(c2ccc(-c3ccccc3)cc2)CCC1. The van der Waals surface area contributed by atoms with Gasteiger partial charge in [-0.15, -0.1) is 0 Å². The first kappa shape index (κ1) is 12.0. The van der Waals surface area contributed by atoms with Gasteiger partial charge >= 0.3 is 0 Å². The molecule has 0 aromatic heterocycles. The minimum atomic E-state index is -0.408. The van der Waals surface area contributed by atoms with Crippen molar-refractivity contribution in [3.63, 3.8) is 0 Å². The summed E-state index contributed by atoms with van der Waals surface area (Å²) in [7, 11) is 0. The topological polar surface area (TPSA) is 43.1 Å². The molecule has 2 heteroatoms. The Balaban J connectivity index is 1.93. The van der Waals surface area contributed by atoms with E-state index in [1.807, 2.05) is 30.3 Å². The molecule has 0 bridgehead atoms. The van der Waals surface area contributed by atoms with E-state index in [9.17, 15) is 4.79 Å². The molecule has 2 N–H and O–H groups in total. The van der Waals surface area contributed by atoms with E-state index in [-0.39, 0.29) is 5.91 Å². The van der Waals surface area contributed by atoms with Crippen LogP contribution in [-0.4, -0.2) is 5.91 Å². The van der Waals surface area contributed by atoms with Gasteiger partial charge in [0.25, 0.3) is 0 Å². The fourth-order valence-electron chi connectivity index (χ4n) is 2.82. The molecule has 1 aliphatic carbocycles. The Morgan fingerprint density at radius 2 is 1.47 bits per heavy atom. The van der Waals surface area contributed by atoms with Crippen LogP contribution in [0.2, 0.25) is 0 Å². The highest BCUT2D eigenvalue weighted by atomic mass is 16.1. The van der Waals surface area contributed by atoms with Crippen LogP contribution < -0.4 is 5.73 Å². The Morgan fingerprint density at radius 3 is 1.95 bits per heavy atom. The van der Waals surface area contributed by atoms with Crippen molar-refractivity contribution in [2.75, 3.05) is 0 Å². The molecule has 2 aromatic carbocycles. The van der Waals surface area contributed by atoms with Crippen LogP contribution in [0.15, 0.2) is 54.6 Å². The van der Waals surface area contributed by atoms with E-state index in [2.05, 4.69) is 24.3 Å². The normalized spacial score (nSPS) is 16.6. The van der Waals surface area contributed by atoms with E-state index in [1.54, 1.807) is 0 Å². The molecule has 0 heterocycles. The molecule has 1 fully saturated rings. The second-order valence-corrected chi connectivity index (χ2v) is 5.24. The zero-order chi connectivity index (χ0) is 13.3. The minimum Gasteiger partial charge on any atom is -0.369 e. The average molecular weight is 251 g/mol. The number of nitrogens with two attached hydrogens (primary N) is 1. The number of amides is 1. The monoisotopic (exact) mass is 251 g/mol. The Bertz CT molecular complexity index is 582. The molecular formula is C17H17NO. The average Bonchev–Trinajstić information content (AvgIpc) is 2.39. The molecule has 1 amide bonds. The Hall–Kier alpha value is -2.09. The molecule has 2 nitrogen and oxygen atoms in total. The third-order valence-electron chi connectivity index (χ3n) is 4.22. The third kappa shape index (κ3) is 1.93. The maximum Gasteiger partial charge on any atom is 0.228 e. The van der Waals surface area contributed by atoms with Crippen LogP contribution in [0.1, 0.15) is 24.8 Å². The summed E-state index contributed by atoms with van der Waals surface area (Å²) in [6, 6.07) is 18.5. The molecule has 96 valence electrons. The Labute approximate surface area is 113 Å². The summed E-state index contributed by atoms with van der Waals surface area (Å²) < 4.78 is 0. The number of rotatable bonds is 3. The minimum absolute atomic E-state index is 0.189. The summed E-state index contributed by atoms with van der Waals surface area (Å²) in [6.45, 7) is 0. The zero-order valence-corrected chi connectivity index (χ0v) is 10.8. The van der Waals surface area contributed by atoms with Gasteiger partial charge in [0.1, 0.15) is 0 Å². The summed E-state index contributed by atoms with van der Waals surface area (Å²) in [5.74, 6) is -0.189. The second kappa shape index (κ2) is 4.54. The van der Waals surface area contributed by atoms with Crippen LogP contribution in [0.25, 0.3) is 11.1 Å². The van der Waals surface area contributed by atoms with Crippen LogP contribution in [0, 0.1) is 0 Å². The quantitative estimate of drug-likeness (QED) is 0.894. The van der Waals surface area contributed by atoms with Crippen molar-refractivity contribution in [1.29, 1.82) is 0 Å². The largest absolute Gasteiger partial charge is 0.369 e. The highest BCUT2D eigenvalue weighted by molar-refractivity contribution is 5.88. The van der Waals surface area contributed by atoms with Crippen LogP contribution in [0.4, 0.5) is 0 Å². The lowest BCUT2D eigenvalue weighted by atomic mass is 9.64. The maximum atomic E-state index is 11.7. The van der Waals surface area contributed by atoms with Crippen LogP contribution in [0.5, 0.6) is 0 Å². The number of benzene rings is 2. The molecule has 1 aliphatic rings. The number of carbonyl (C=O) groups excluding carboxylic acids is 1.